The molecular formula is C10H19N3. The van der Waals surface area contributed by atoms with Crippen LogP contribution in [0.25, 0.3) is 0 Å². The molecule has 2 aliphatic carbocycles. The summed E-state index contributed by atoms with van der Waals surface area (Å²) in [7, 11) is 1.73. The van der Waals surface area contributed by atoms with Crippen molar-refractivity contribution in [3.8, 4) is 0 Å². The van der Waals surface area contributed by atoms with E-state index < -0.39 is 0 Å². The molecule has 3 heteroatoms. The Morgan fingerprint density at radius 3 is 2.85 bits per heavy atom. The highest BCUT2D eigenvalue weighted by Crippen LogP contribution is 2.47. The fourth-order valence-corrected chi connectivity index (χ4v) is 2.94. The molecule has 74 valence electrons. The van der Waals surface area contributed by atoms with E-state index in [-0.39, 0.29) is 0 Å². The molecule has 2 aliphatic rings. The van der Waals surface area contributed by atoms with Crippen molar-refractivity contribution in [3.63, 3.8) is 0 Å². The van der Waals surface area contributed by atoms with Gasteiger partial charge in [0.25, 0.3) is 0 Å². The fraction of sp³-hybridized carbons (Fsp3) is 0.900. The van der Waals surface area contributed by atoms with E-state index in [2.05, 4.69) is 10.3 Å². The zero-order valence-corrected chi connectivity index (χ0v) is 8.29. The molecule has 0 amide bonds. The van der Waals surface area contributed by atoms with Crippen molar-refractivity contribution in [2.24, 2.45) is 28.5 Å². The van der Waals surface area contributed by atoms with Crippen LogP contribution in [0.5, 0.6) is 0 Å². The highest BCUT2D eigenvalue weighted by atomic mass is 15.1. The summed E-state index contributed by atoms with van der Waals surface area (Å²) in [6, 6.07) is 0. The Balaban J connectivity index is 1.77. The Bertz CT molecular complexity index is 212. The third kappa shape index (κ3) is 1.79. The summed E-state index contributed by atoms with van der Waals surface area (Å²) in [5.41, 5.74) is 5.59. The molecule has 0 spiro atoms. The molecule has 0 aromatic heterocycles. The molecule has 0 aliphatic heterocycles. The van der Waals surface area contributed by atoms with Gasteiger partial charge in [0.1, 0.15) is 0 Å². The Labute approximate surface area is 79.8 Å². The van der Waals surface area contributed by atoms with Crippen LogP contribution in [0, 0.1) is 17.8 Å². The molecule has 0 aromatic rings. The van der Waals surface area contributed by atoms with E-state index in [4.69, 9.17) is 5.73 Å². The number of nitrogens with zero attached hydrogens (tertiary/aromatic N) is 1. The van der Waals surface area contributed by atoms with E-state index in [1.165, 1.54) is 25.7 Å². The largest absolute Gasteiger partial charge is 0.370 e. The third-order valence-electron chi connectivity index (χ3n) is 3.67. The minimum Gasteiger partial charge on any atom is -0.370 e. The Morgan fingerprint density at radius 1 is 1.46 bits per heavy atom. The smallest absolute Gasteiger partial charge is 0.188 e. The number of nitrogens with one attached hydrogen (secondary N) is 1. The van der Waals surface area contributed by atoms with Gasteiger partial charge in [-0.25, -0.2) is 0 Å². The molecule has 2 saturated carbocycles. The Kier molecular flexibility index (Phi) is 2.42. The van der Waals surface area contributed by atoms with Gasteiger partial charge in [-0.2, -0.15) is 0 Å². The maximum atomic E-state index is 5.59. The molecule has 3 atom stereocenters. The Morgan fingerprint density at radius 2 is 2.31 bits per heavy atom. The van der Waals surface area contributed by atoms with E-state index in [9.17, 15) is 0 Å². The van der Waals surface area contributed by atoms with Gasteiger partial charge in [0, 0.05) is 13.6 Å². The summed E-state index contributed by atoms with van der Waals surface area (Å²) < 4.78 is 0. The zero-order chi connectivity index (χ0) is 9.26. The van der Waals surface area contributed by atoms with Crippen molar-refractivity contribution in [1.29, 1.82) is 0 Å². The van der Waals surface area contributed by atoms with Gasteiger partial charge in [0.2, 0.25) is 0 Å². The molecule has 2 bridgehead atoms. The predicted octanol–water partition coefficient (Wildman–Crippen LogP) is 0.957. The van der Waals surface area contributed by atoms with Crippen molar-refractivity contribution in [2.75, 3.05) is 13.6 Å². The minimum atomic E-state index is 0.586. The first kappa shape index (κ1) is 8.85. The maximum absolute atomic E-state index is 5.59. The van der Waals surface area contributed by atoms with Crippen LogP contribution in [0.1, 0.15) is 25.7 Å². The average molecular weight is 181 g/mol. The average Bonchev–Trinajstić information content (AvgIpc) is 2.74. The molecule has 2 fully saturated rings. The van der Waals surface area contributed by atoms with Crippen LogP contribution in [-0.4, -0.2) is 19.6 Å². The molecule has 0 radical (unpaired) electrons. The second kappa shape index (κ2) is 3.56. The van der Waals surface area contributed by atoms with E-state index in [1.807, 2.05) is 0 Å². The van der Waals surface area contributed by atoms with Gasteiger partial charge >= 0.3 is 0 Å². The molecule has 3 N–H and O–H groups in total. The number of nitrogens with two attached hydrogens (primary N) is 1. The number of fused-ring (bicyclic) bond motifs is 2. The molecule has 3 unspecified atom stereocenters. The second-order valence-corrected chi connectivity index (χ2v) is 4.42. The van der Waals surface area contributed by atoms with Gasteiger partial charge in [-0.1, -0.05) is 6.42 Å². The first-order valence-electron chi connectivity index (χ1n) is 5.25. The summed E-state index contributed by atoms with van der Waals surface area (Å²) in [4.78, 5) is 3.89. The van der Waals surface area contributed by atoms with E-state index >= 15 is 0 Å². The van der Waals surface area contributed by atoms with Crippen LogP contribution in [0.4, 0.5) is 0 Å². The third-order valence-corrected chi connectivity index (χ3v) is 3.67. The standard InChI is InChI=1S/C10H19N3/c1-12-10(11)13-6-9-5-7-2-3-8(9)4-7/h7-9H,2-6H2,1H3,(H3,11,12,13). The van der Waals surface area contributed by atoms with Gasteiger partial charge in [-0.3, -0.25) is 4.99 Å². The SMILES string of the molecule is CN=C(N)NCC1CC2CCC1C2. The Hall–Kier alpha value is -0.730. The molecular weight excluding hydrogens is 162 g/mol. The molecule has 13 heavy (non-hydrogen) atoms. The lowest BCUT2D eigenvalue weighted by molar-refractivity contribution is 0.332. The van der Waals surface area contributed by atoms with E-state index in [0.29, 0.717) is 5.96 Å². The molecule has 2 rings (SSSR count). The lowest BCUT2D eigenvalue weighted by atomic mass is 9.89. The van der Waals surface area contributed by atoms with Crippen molar-refractivity contribution in [2.45, 2.75) is 25.7 Å². The van der Waals surface area contributed by atoms with Gasteiger partial charge in [0.05, 0.1) is 0 Å². The second-order valence-electron chi connectivity index (χ2n) is 4.42. The summed E-state index contributed by atoms with van der Waals surface area (Å²) in [6.07, 6.45) is 5.79. The lowest BCUT2D eigenvalue weighted by Crippen LogP contribution is -2.36. The lowest BCUT2D eigenvalue weighted by Gasteiger charge is -2.21. The van der Waals surface area contributed by atoms with Gasteiger partial charge in [-0.05, 0) is 37.0 Å². The highest BCUT2D eigenvalue weighted by molar-refractivity contribution is 5.77. The summed E-state index contributed by atoms with van der Waals surface area (Å²) >= 11 is 0. The number of aliphatic imine (C=N–C) groups is 1. The number of guanidine groups is 1. The van der Waals surface area contributed by atoms with E-state index in [1.54, 1.807) is 7.05 Å². The van der Waals surface area contributed by atoms with Crippen LogP contribution in [0.3, 0.4) is 0 Å². The highest BCUT2D eigenvalue weighted by Gasteiger charge is 2.38. The van der Waals surface area contributed by atoms with Crippen LogP contribution >= 0.6 is 0 Å². The fourth-order valence-electron chi connectivity index (χ4n) is 2.94. The van der Waals surface area contributed by atoms with Crippen LogP contribution in [0.2, 0.25) is 0 Å². The number of hydrogen-bond donors (Lipinski definition) is 2. The quantitative estimate of drug-likeness (QED) is 0.492. The van der Waals surface area contributed by atoms with Crippen LogP contribution in [-0.2, 0) is 0 Å². The topological polar surface area (TPSA) is 50.4 Å². The zero-order valence-electron chi connectivity index (χ0n) is 8.29. The monoisotopic (exact) mass is 181 g/mol. The van der Waals surface area contributed by atoms with Crippen molar-refractivity contribution >= 4 is 5.96 Å². The van der Waals surface area contributed by atoms with Crippen molar-refractivity contribution in [3.05, 3.63) is 0 Å². The molecule has 0 saturated heterocycles. The summed E-state index contributed by atoms with van der Waals surface area (Å²) in [5.74, 6) is 3.44. The molecule has 0 aromatic carbocycles. The number of rotatable bonds is 2. The maximum Gasteiger partial charge on any atom is 0.188 e. The first-order chi connectivity index (χ1) is 6.29. The van der Waals surface area contributed by atoms with Gasteiger partial charge in [0.15, 0.2) is 5.96 Å². The number of hydrogen-bond acceptors (Lipinski definition) is 1. The normalized spacial score (nSPS) is 38.2. The van der Waals surface area contributed by atoms with Crippen molar-refractivity contribution in [1.82, 2.24) is 5.32 Å². The van der Waals surface area contributed by atoms with Crippen molar-refractivity contribution < 1.29 is 0 Å². The molecule has 3 nitrogen and oxygen atoms in total. The summed E-state index contributed by atoms with van der Waals surface area (Å²) in [5, 5.41) is 3.19. The van der Waals surface area contributed by atoms with Crippen LogP contribution < -0.4 is 11.1 Å². The minimum absolute atomic E-state index is 0.586. The van der Waals surface area contributed by atoms with Crippen LogP contribution in [0.15, 0.2) is 4.99 Å². The van der Waals surface area contributed by atoms with E-state index in [0.717, 1.165) is 24.3 Å². The summed E-state index contributed by atoms with van der Waals surface area (Å²) in [6.45, 7) is 1.03. The predicted molar refractivity (Wildman–Crippen MR) is 54.5 cm³/mol. The van der Waals surface area contributed by atoms with Gasteiger partial charge in [-0.15, -0.1) is 0 Å². The van der Waals surface area contributed by atoms with Gasteiger partial charge < -0.3 is 11.1 Å². The first-order valence-corrected chi connectivity index (χ1v) is 5.25. The molecule has 0 heterocycles.